The molecule has 0 spiro atoms. The van der Waals surface area contributed by atoms with Crippen LogP contribution in [-0.2, 0) is 0 Å². The molecule has 0 fully saturated rings. The Morgan fingerprint density at radius 2 is 0.636 bits per heavy atom. The second kappa shape index (κ2) is 16.4. The topological polar surface area (TPSA) is 0 Å². The monoisotopic (exact) mass is 641 g/mol. The van der Waals surface area contributed by atoms with Crippen LogP contribution >= 0.6 is 32.3 Å². The van der Waals surface area contributed by atoms with Crippen molar-refractivity contribution < 1.29 is 0 Å². The van der Waals surface area contributed by atoms with Gasteiger partial charge in [0.15, 0.2) is 0 Å². The molecule has 2 atom stereocenters. The number of hydrogen-bond donors (Lipinski definition) is 0. The van der Waals surface area contributed by atoms with Gasteiger partial charge in [-0.05, 0) is 67.9 Å². The number of rotatable bonds is 13. The molecule has 0 aliphatic heterocycles. The van der Waals surface area contributed by atoms with E-state index >= 15 is 0 Å². The average Bonchev–Trinajstić information content (AvgIpc) is 3.11. The molecule has 6 aromatic rings. The normalized spacial score (nSPS) is 12.8. The fraction of sp³-hybridized carbons (Fsp3) is 0.100. The third-order valence-electron chi connectivity index (χ3n) is 7.66. The summed E-state index contributed by atoms with van der Waals surface area (Å²) in [4.78, 5) is 0. The number of benzene rings is 6. The van der Waals surface area contributed by atoms with E-state index in [1.165, 1.54) is 53.6 Å². The van der Waals surface area contributed by atoms with Crippen LogP contribution in [0.1, 0.15) is 0 Å². The van der Waals surface area contributed by atoms with E-state index in [4.69, 9.17) is 0 Å². The van der Waals surface area contributed by atoms with Crippen LogP contribution in [0.2, 0.25) is 0 Å². The van der Waals surface area contributed by atoms with E-state index < -0.39 is 23.8 Å². The van der Waals surface area contributed by atoms with Gasteiger partial charge < -0.3 is 8.58 Å². The summed E-state index contributed by atoms with van der Waals surface area (Å²) in [5, 5.41) is 10.4. The van der Waals surface area contributed by atoms with E-state index in [-0.39, 0.29) is 0 Å². The van der Waals surface area contributed by atoms with Crippen molar-refractivity contribution in [2.75, 3.05) is 24.6 Å². The second-order valence-electron chi connectivity index (χ2n) is 10.5. The third kappa shape index (κ3) is 8.19. The van der Waals surface area contributed by atoms with E-state index in [0.29, 0.717) is 0 Å². The zero-order chi connectivity index (χ0) is 29.8. The molecule has 0 saturated heterocycles. The largest absolute Gasteiger partial charge is 0.506 e. The van der Waals surface area contributed by atoms with Gasteiger partial charge in [-0.1, -0.05) is 182 Å². The van der Waals surface area contributed by atoms with Crippen molar-refractivity contribution >= 4 is 69.5 Å². The van der Waals surface area contributed by atoms with Crippen molar-refractivity contribution in [1.82, 2.24) is 0 Å². The van der Waals surface area contributed by atoms with Gasteiger partial charge in [0, 0.05) is 0 Å². The highest BCUT2D eigenvalue weighted by molar-refractivity contribution is 7.80. The van der Waals surface area contributed by atoms with Crippen molar-refractivity contribution in [3.8, 4) is 0 Å². The van der Waals surface area contributed by atoms with E-state index in [9.17, 15) is 0 Å². The summed E-state index contributed by atoms with van der Waals surface area (Å²) in [6.07, 6.45) is 4.70. The van der Waals surface area contributed by atoms with Crippen LogP contribution in [0.5, 0.6) is 0 Å². The fourth-order valence-electron chi connectivity index (χ4n) is 5.55. The van der Waals surface area contributed by atoms with Crippen LogP contribution in [0.15, 0.2) is 176 Å². The molecular weight excluding hydrogens is 604 g/mol. The third-order valence-corrected chi connectivity index (χ3v) is 17.3. The molecular formula is C40H37P4-. The Kier molecular flexibility index (Phi) is 11.6. The maximum absolute atomic E-state index is 2.45. The minimum atomic E-state index is -0.536. The Labute approximate surface area is 269 Å². The standard InChI is InChI=1S/C40H37P4/c1-6-18-34(19-7-1)41-30-31-43(37-24-12-4-13-25-37)39-28-16-17-29-40(39)44(38-26-14-5-15-27-38)33-32-42(35-20-8-2-9-21-35)36-22-10-3-11-23-36/h1-29H,30-33H2/q-1. The minimum absolute atomic E-state index is 0.448. The zero-order valence-corrected chi connectivity index (χ0v) is 28.4. The van der Waals surface area contributed by atoms with Crippen molar-refractivity contribution in [1.29, 1.82) is 0 Å². The lowest BCUT2D eigenvalue weighted by Crippen LogP contribution is -2.31. The minimum Gasteiger partial charge on any atom is -0.506 e. The summed E-state index contributed by atoms with van der Waals surface area (Å²) in [5.74, 6) is 0. The predicted molar refractivity (Wildman–Crippen MR) is 203 cm³/mol. The Hall–Kier alpha value is -2.96. The SMILES string of the molecule is c1ccc([P-]CCP(c2ccccc2)c2ccccc2P(CCP(c2ccccc2)c2ccccc2)c2ccccc2)cc1. The van der Waals surface area contributed by atoms with Gasteiger partial charge >= 0.3 is 0 Å². The van der Waals surface area contributed by atoms with Gasteiger partial charge in [-0.3, -0.25) is 0 Å². The molecule has 4 heteroatoms. The molecule has 0 radical (unpaired) electrons. The molecule has 0 bridgehead atoms. The van der Waals surface area contributed by atoms with E-state index in [2.05, 4.69) is 176 Å². The Morgan fingerprint density at radius 1 is 0.318 bits per heavy atom. The van der Waals surface area contributed by atoms with E-state index in [1.54, 1.807) is 10.6 Å². The summed E-state index contributed by atoms with van der Waals surface area (Å²) in [7, 11) is -0.0629. The molecule has 0 aliphatic rings. The molecule has 0 aliphatic carbocycles. The van der Waals surface area contributed by atoms with Crippen LogP contribution < -0.4 is 37.1 Å². The summed E-state index contributed by atoms with van der Waals surface area (Å²) in [6.45, 7) is 0. The highest BCUT2D eigenvalue weighted by atomic mass is 31.1. The highest BCUT2D eigenvalue weighted by Crippen LogP contribution is 2.44. The van der Waals surface area contributed by atoms with Crippen LogP contribution in [0, 0.1) is 0 Å². The lowest BCUT2D eigenvalue weighted by Gasteiger charge is -2.30. The molecule has 218 valence electrons. The Morgan fingerprint density at radius 3 is 1.07 bits per heavy atom. The van der Waals surface area contributed by atoms with Gasteiger partial charge in [0.05, 0.1) is 0 Å². The molecule has 0 heterocycles. The first-order valence-electron chi connectivity index (χ1n) is 15.2. The second-order valence-corrected chi connectivity index (χ2v) is 18.7. The molecule has 0 amide bonds. The van der Waals surface area contributed by atoms with Crippen LogP contribution in [0.25, 0.3) is 0 Å². The Bertz CT molecular complexity index is 1640. The summed E-state index contributed by atoms with van der Waals surface area (Å²) in [6, 6.07) is 65.4. The van der Waals surface area contributed by atoms with Crippen molar-refractivity contribution in [2.45, 2.75) is 0 Å². The van der Waals surface area contributed by atoms with Gasteiger partial charge in [0.2, 0.25) is 0 Å². The highest BCUT2D eigenvalue weighted by Gasteiger charge is 2.24. The van der Waals surface area contributed by atoms with Gasteiger partial charge in [0.1, 0.15) is 0 Å². The van der Waals surface area contributed by atoms with Crippen molar-refractivity contribution in [3.63, 3.8) is 0 Å². The molecule has 6 aromatic carbocycles. The lowest BCUT2D eigenvalue weighted by atomic mass is 10.4. The maximum atomic E-state index is 2.45. The molecule has 0 nitrogen and oxygen atoms in total. The summed E-state index contributed by atoms with van der Waals surface area (Å²) >= 11 is 0. The molecule has 0 saturated carbocycles. The van der Waals surface area contributed by atoms with Crippen molar-refractivity contribution in [3.05, 3.63) is 176 Å². The fourth-order valence-corrected chi connectivity index (χ4v) is 15.4. The van der Waals surface area contributed by atoms with Gasteiger partial charge in [-0.25, -0.2) is 5.30 Å². The first-order chi connectivity index (χ1) is 21.9. The molecule has 0 aromatic heterocycles. The quantitative estimate of drug-likeness (QED) is 0.112. The zero-order valence-electron chi connectivity index (χ0n) is 24.9. The Balaban J connectivity index is 1.35. The van der Waals surface area contributed by atoms with Gasteiger partial charge in [-0.15, -0.1) is 0 Å². The molecule has 44 heavy (non-hydrogen) atoms. The number of hydrogen-bond acceptors (Lipinski definition) is 0. The van der Waals surface area contributed by atoms with Crippen molar-refractivity contribution in [2.24, 2.45) is 0 Å². The molecule has 2 unspecified atom stereocenters. The first kappa shape index (κ1) is 31.0. The molecule has 6 rings (SSSR count). The van der Waals surface area contributed by atoms with Crippen LogP contribution in [0.3, 0.4) is 0 Å². The lowest BCUT2D eigenvalue weighted by molar-refractivity contribution is 1.51. The van der Waals surface area contributed by atoms with E-state index in [0.717, 1.165) is 6.16 Å². The van der Waals surface area contributed by atoms with Crippen LogP contribution in [-0.4, -0.2) is 24.6 Å². The van der Waals surface area contributed by atoms with Gasteiger partial charge in [0.25, 0.3) is 0 Å². The van der Waals surface area contributed by atoms with E-state index in [1.807, 2.05) is 0 Å². The smallest absolute Gasteiger partial charge is 0.0115 e. The summed E-state index contributed by atoms with van der Waals surface area (Å²) < 4.78 is 0. The summed E-state index contributed by atoms with van der Waals surface area (Å²) in [5.41, 5.74) is 0. The van der Waals surface area contributed by atoms with Crippen LogP contribution in [0.4, 0.5) is 0 Å². The maximum Gasteiger partial charge on any atom is -0.0115 e. The molecule has 0 N–H and O–H groups in total. The van der Waals surface area contributed by atoms with Gasteiger partial charge in [-0.2, -0.15) is 6.16 Å². The average molecular weight is 642 g/mol. The predicted octanol–water partition coefficient (Wildman–Crippen LogP) is 7.96. The first-order valence-corrected chi connectivity index (χ1v) is 20.9.